The zero-order chi connectivity index (χ0) is 13.2. The standard InChI is InChI=1S/C16H23NS/c1-13-7-9-14(10-8-13)15(18)16(17(2)3)11-5-4-6-12-16/h7-10H,4-6,11-12H2,1-3H3. The molecule has 2 heteroatoms. The van der Waals surface area contributed by atoms with Crippen LogP contribution >= 0.6 is 12.2 Å². The lowest BCUT2D eigenvalue weighted by Crippen LogP contribution is -2.51. The van der Waals surface area contributed by atoms with Gasteiger partial charge in [-0.3, -0.25) is 4.90 Å². The first-order chi connectivity index (χ1) is 8.56. The smallest absolute Gasteiger partial charge is 0.0563 e. The van der Waals surface area contributed by atoms with Crippen molar-refractivity contribution in [2.24, 2.45) is 0 Å². The molecule has 0 bridgehead atoms. The Morgan fingerprint density at radius 1 is 1.06 bits per heavy atom. The molecular formula is C16H23NS. The third kappa shape index (κ3) is 2.50. The van der Waals surface area contributed by atoms with Gasteiger partial charge >= 0.3 is 0 Å². The SMILES string of the molecule is Cc1ccc(C(=S)C2(N(C)C)CCCCC2)cc1. The highest BCUT2D eigenvalue weighted by Gasteiger charge is 2.38. The van der Waals surface area contributed by atoms with E-state index in [2.05, 4.69) is 50.2 Å². The normalized spacial score (nSPS) is 18.9. The summed E-state index contributed by atoms with van der Waals surface area (Å²) in [4.78, 5) is 3.47. The number of aryl methyl sites for hydroxylation is 1. The largest absolute Gasteiger partial charge is 0.299 e. The lowest BCUT2D eigenvalue weighted by Gasteiger charge is -2.43. The van der Waals surface area contributed by atoms with Gasteiger partial charge in [0.2, 0.25) is 0 Å². The Hall–Kier alpha value is -0.730. The topological polar surface area (TPSA) is 3.24 Å². The summed E-state index contributed by atoms with van der Waals surface area (Å²) in [5.41, 5.74) is 2.62. The molecule has 0 amide bonds. The second kappa shape index (κ2) is 5.50. The fraction of sp³-hybridized carbons (Fsp3) is 0.562. The maximum atomic E-state index is 5.83. The zero-order valence-corrected chi connectivity index (χ0v) is 12.5. The summed E-state index contributed by atoms with van der Waals surface area (Å²) in [5, 5.41) is 0. The van der Waals surface area contributed by atoms with Crippen LogP contribution in [0.5, 0.6) is 0 Å². The van der Waals surface area contributed by atoms with Gasteiger partial charge in [-0.2, -0.15) is 0 Å². The van der Waals surface area contributed by atoms with E-state index in [9.17, 15) is 0 Å². The van der Waals surface area contributed by atoms with Gasteiger partial charge in [-0.05, 0) is 39.4 Å². The van der Waals surface area contributed by atoms with E-state index in [1.807, 2.05) is 0 Å². The van der Waals surface area contributed by atoms with Crippen molar-refractivity contribution in [1.82, 2.24) is 4.90 Å². The summed E-state index contributed by atoms with van der Waals surface area (Å²) in [6, 6.07) is 8.68. The van der Waals surface area contributed by atoms with Gasteiger partial charge in [-0.1, -0.05) is 61.3 Å². The first kappa shape index (κ1) is 13.7. The Bertz CT molecular complexity index is 413. The van der Waals surface area contributed by atoms with Gasteiger partial charge in [-0.25, -0.2) is 0 Å². The van der Waals surface area contributed by atoms with Crippen LogP contribution in [0.3, 0.4) is 0 Å². The highest BCUT2D eigenvalue weighted by molar-refractivity contribution is 7.81. The highest BCUT2D eigenvalue weighted by atomic mass is 32.1. The fourth-order valence-corrected chi connectivity index (χ4v) is 3.51. The molecule has 2 rings (SSSR count). The van der Waals surface area contributed by atoms with Gasteiger partial charge in [0.15, 0.2) is 0 Å². The maximum absolute atomic E-state index is 5.83. The van der Waals surface area contributed by atoms with Crippen LogP contribution in [0.25, 0.3) is 0 Å². The third-order valence-corrected chi connectivity index (χ3v) is 4.89. The van der Waals surface area contributed by atoms with Crippen molar-refractivity contribution >= 4 is 17.1 Å². The minimum absolute atomic E-state index is 0.100. The van der Waals surface area contributed by atoms with Crippen molar-refractivity contribution in [3.05, 3.63) is 35.4 Å². The summed E-state index contributed by atoms with van der Waals surface area (Å²) < 4.78 is 0. The first-order valence-corrected chi connectivity index (χ1v) is 7.26. The van der Waals surface area contributed by atoms with E-state index in [4.69, 9.17) is 12.2 Å². The summed E-state index contributed by atoms with van der Waals surface area (Å²) in [7, 11) is 4.34. The van der Waals surface area contributed by atoms with Gasteiger partial charge < -0.3 is 0 Å². The van der Waals surface area contributed by atoms with E-state index in [1.165, 1.54) is 43.2 Å². The molecular weight excluding hydrogens is 238 g/mol. The van der Waals surface area contributed by atoms with E-state index in [1.54, 1.807) is 0 Å². The van der Waals surface area contributed by atoms with Crippen molar-refractivity contribution in [3.8, 4) is 0 Å². The molecule has 1 fully saturated rings. The van der Waals surface area contributed by atoms with Gasteiger partial charge in [0.05, 0.1) is 5.54 Å². The van der Waals surface area contributed by atoms with Crippen LogP contribution in [0.4, 0.5) is 0 Å². The number of likely N-dealkylation sites (N-methyl/N-ethyl adjacent to an activating group) is 1. The minimum Gasteiger partial charge on any atom is -0.299 e. The van der Waals surface area contributed by atoms with E-state index in [0.29, 0.717) is 0 Å². The van der Waals surface area contributed by atoms with Crippen molar-refractivity contribution in [2.45, 2.75) is 44.6 Å². The van der Waals surface area contributed by atoms with Crippen molar-refractivity contribution in [1.29, 1.82) is 0 Å². The molecule has 1 saturated carbocycles. The van der Waals surface area contributed by atoms with Gasteiger partial charge in [0.1, 0.15) is 0 Å². The predicted octanol–water partition coefficient (Wildman–Crippen LogP) is 3.98. The second-order valence-corrected chi connectivity index (χ2v) is 6.09. The third-order valence-electron chi connectivity index (χ3n) is 4.27. The van der Waals surface area contributed by atoms with Crippen molar-refractivity contribution in [3.63, 3.8) is 0 Å². The summed E-state index contributed by atoms with van der Waals surface area (Å²) in [5.74, 6) is 0. The predicted molar refractivity (Wildman–Crippen MR) is 82.4 cm³/mol. The molecule has 1 nitrogen and oxygen atoms in total. The maximum Gasteiger partial charge on any atom is 0.0563 e. The number of hydrogen-bond donors (Lipinski definition) is 0. The van der Waals surface area contributed by atoms with Crippen LogP contribution in [0.15, 0.2) is 24.3 Å². The molecule has 1 aromatic carbocycles. The Labute approximate surface area is 116 Å². The minimum atomic E-state index is 0.100. The van der Waals surface area contributed by atoms with E-state index < -0.39 is 0 Å². The molecule has 18 heavy (non-hydrogen) atoms. The Morgan fingerprint density at radius 3 is 2.11 bits per heavy atom. The van der Waals surface area contributed by atoms with Crippen LogP contribution in [0, 0.1) is 6.92 Å². The van der Waals surface area contributed by atoms with Crippen molar-refractivity contribution < 1.29 is 0 Å². The van der Waals surface area contributed by atoms with Crippen LogP contribution < -0.4 is 0 Å². The first-order valence-electron chi connectivity index (χ1n) is 6.85. The zero-order valence-electron chi connectivity index (χ0n) is 11.7. The Kier molecular flexibility index (Phi) is 4.18. The van der Waals surface area contributed by atoms with Crippen LogP contribution in [-0.2, 0) is 0 Å². The van der Waals surface area contributed by atoms with Gasteiger partial charge in [0.25, 0.3) is 0 Å². The average Bonchev–Trinajstić information content (AvgIpc) is 2.39. The molecule has 1 aliphatic rings. The number of benzene rings is 1. The molecule has 0 N–H and O–H groups in total. The van der Waals surface area contributed by atoms with E-state index in [-0.39, 0.29) is 5.54 Å². The molecule has 0 aliphatic heterocycles. The van der Waals surface area contributed by atoms with Crippen molar-refractivity contribution in [2.75, 3.05) is 14.1 Å². The molecule has 0 aromatic heterocycles. The summed E-state index contributed by atoms with van der Waals surface area (Å²) in [6.07, 6.45) is 6.35. The van der Waals surface area contributed by atoms with Crippen LogP contribution in [0.2, 0.25) is 0 Å². The molecule has 1 aromatic rings. The number of rotatable bonds is 3. The molecule has 0 heterocycles. The fourth-order valence-electron chi connectivity index (χ4n) is 2.99. The highest BCUT2D eigenvalue weighted by Crippen LogP contribution is 2.35. The molecule has 0 spiro atoms. The Balaban J connectivity index is 2.31. The lowest BCUT2D eigenvalue weighted by atomic mass is 9.76. The quantitative estimate of drug-likeness (QED) is 0.598. The molecule has 1 aliphatic carbocycles. The number of nitrogens with zero attached hydrogens (tertiary/aromatic N) is 1. The van der Waals surface area contributed by atoms with Gasteiger partial charge in [-0.15, -0.1) is 0 Å². The number of thiocarbonyl (C=S) groups is 1. The monoisotopic (exact) mass is 261 g/mol. The van der Waals surface area contributed by atoms with E-state index >= 15 is 0 Å². The molecule has 0 radical (unpaired) electrons. The van der Waals surface area contributed by atoms with Crippen LogP contribution in [-0.4, -0.2) is 29.4 Å². The number of hydrogen-bond acceptors (Lipinski definition) is 2. The molecule has 0 saturated heterocycles. The average molecular weight is 261 g/mol. The Morgan fingerprint density at radius 2 is 1.61 bits per heavy atom. The second-order valence-electron chi connectivity index (χ2n) is 5.68. The lowest BCUT2D eigenvalue weighted by molar-refractivity contribution is 0.174. The van der Waals surface area contributed by atoms with E-state index in [0.717, 1.165) is 4.86 Å². The molecule has 0 unspecified atom stereocenters. The molecule has 98 valence electrons. The molecule has 0 atom stereocenters. The van der Waals surface area contributed by atoms with Gasteiger partial charge in [0, 0.05) is 4.86 Å². The van der Waals surface area contributed by atoms with Crippen LogP contribution in [0.1, 0.15) is 43.2 Å². The summed E-state index contributed by atoms with van der Waals surface area (Å²) >= 11 is 5.83. The summed E-state index contributed by atoms with van der Waals surface area (Å²) in [6.45, 7) is 2.12.